The van der Waals surface area contributed by atoms with Crippen molar-refractivity contribution < 1.29 is 42.8 Å². The van der Waals surface area contributed by atoms with Gasteiger partial charge in [0.2, 0.25) is 0 Å². The number of anilines is 1. The van der Waals surface area contributed by atoms with E-state index < -0.39 is 43.7 Å². The van der Waals surface area contributed by atoms with Crippen molar-refractivity contribution in [3.63, 3.8) is 0 Å². The first-order chi connectivity index (χ1) is 13.0. The Hall–Kier alpha value is -3.47. The van der Waals surface area contributed by atoms with Gasteiger partial charge >= 0.3 is 11.9 Å². The summed E-state index contributed by atoms with van der Waals surface area (Å²) >= 11 is 0. The molecule has 150 valence electrons. The van der Waals surface area contributed by atoms with Crippen LogP contribution in [0.1, 0.15) is 26.3 Å². The third kappa shape index (κ3) is 3.93. The van der Waals surface area contributed by atoms with E-state index in [0.717, 1.165) is 18.2 Å². The van der Waals surface area contributed by atoms with Crippen LogP contribution in [0.3, 0.4) is 0 Å². The average Bonchev–Trinajstić information content (AvgIpc) is 2.60. The minimum atomic E-state index is -4.43. The van der Waals surface area contributed by atoms with Crippen molar-refractivity contribution >= 4 is 27.6 Å². The van der Waals surface area contributed by atoms with Crippen LogP contribution in [0.4, 0.5) is 5.69 Å². The van der Waals surface area contributed by atoms with E-state index >= 15 is 0 Å². The van der Waals surface area contributed by atoms with E-state index in [2.05, 4.69) is 4.72 Å². The van der Waals surface area contributed by atoms with Crippen LogP contribution in [0.15, 0.2) is 29.2 Å². The molecule has 0 unspecified atom stereocenters. The molecule has 0 spiro atoms. The Bertz CT molecular complexity index is 1060. The molecule has 2 aromatic carbocycles. The van der Waals surface area contributed by atoms with Gasteiger partial charge < -0.3 is 24.8 Å². The minimum Gasteiger partial charge on any atom is -0.507 e. The number of hydrogen-bond donors (Lipinski definition) is 4. The van der Waals surface area contributed by atoms with Gasteiger partial charge in [-0.05, 0) is 30.7 Å². The summed E-state index contributed by atoms with van der Waals surface area (Å²) in [5.74, 6) is -3.55. The molecule has 2 rings (SSSR count). The summed E-state index contributed by atoms with van der Waals surface area (Å²) in [5, 5.41) is 28.2. The lowest BCUT2D eigenvalue weighted by Gasteiger charge is -2.17. The predicted molar refractivity (Wildman–Crippen MR) is 97.1 cm³/mol. The monoisotopic (exact) mass is 411 g/mol. The number of rotatable bonds is 7. The smallest absolute Gasteiger partial charge is 0.339 e. The normalized spacial score (nSPS) is 11.0. The summed E-state index contributed by atoms with van der Waals surface area (Å²) in [4.78, 5) is 22.3. The number of phenols is 1. The zero-order valence-electron chi connectivity index (χ0n) is 15.0. The molecule has 0 heterocycles. The van der Waals surface area contributed by atoms with E-state index in [1.165, 1.54) is 27.2 Å². The molecule has 0 bridgehead atoms. The Morgan fingerprint density at radius 1 is 0.964 bits per heavy atom. The molecule has 0 atom stereocenters. The number of hydrogen-bond acceptors (Lipinski definition) is 7. The molecular formula is C17H17NO9S. The maximum absolute atomic E-state index is 12.8. The van der Waals surface area contributed by atoms with Crippen LogP contribution in [0.2, 0.25) is 0 Å². The maximum atomic E-state index is 12.8. The van der Waals surface area contributed by atoms with Crippen molar-refractivity contribution in [2.45, 2.75) is 11.8 Å². The molecule has 11 heteroatoms. The summed E-state index contributed by atoms with van der Waals surface area (Å²) in [6, 6.07) is 4.17. The zero-order valence-corrected chi connectivity index (χ0v) is 15.8. The first-order valence-electron chi connectivity index (χ1n) is 7.60. The Morgan fingerprint density at radius 2 is 1.57 bits per heavy atom. The first kappa shape index (κ1) is 20.8. The number of ether oxygens (including phenoxy) is 2. The largest absolute Gasteiger partial charge is 0.507 e. The topological polar surface area (TPSA) is 159 Å². The highest BCUT2D eigenvalue weighted by molar-refractivity contribution is 7.92. The van der Waals surface area contributed by atoms with Crippen LogP contribution in [-0.2, 0) is 10.0 Å². The molecule has 0 aliphatic carbocycles. The second-order valence-corrected chi connectivity index (χ2v) is 7.25. The number of nitrogens with one attached hydrogen (secondary N) is 1. The van der Waals surface area contributed by atoms with Gasteiger partial charge in [-0.1, -0.05) is 0 Å². The van der Waals surface area contributed by atoms with Crippen LogP contribution in [0.25, 0.3) is 0 Å². The molecule has 10 nitrogen and oxygen atoms in total. The third-order valence-electron chi connectivity index (χ3n) is 3.81. The van der Waals surface area contributed by atoms with Gasteiger partial charge in [0, 0.05) is 6.07 Å². The van der Waals surface area contributed by atoms with E-state index in [0.29, 0.717) is 0 Å². The number of aromatic hydroxyl groups is 1. The van der Waals surface area contributed by atoms with Gasteiger partial charge in [-0.2, -0.15) is 0 Å². The van der Waals surface area contributed by atoms with Gasteiger partial charge in [-0.25, -0.2) is 18.0 Å². The molecule has 0 aliphatic heterocycles. The van der Waals surface area contributed by atoms with Gasteiger partial charge in [0.25, 0.3) is 10.0 Å². The minimum absolute atomic E-state index is 0.0550. The number of aryl methyl sites for hydroxylation is 1. The van der Waals surface area contributed by atoms with Gasteiger partial charge in [0.1, 0.15) is 28.5 Å². The van der Waals surface area contributed by atoms with E-state index in [-0.39, 0.29) is 22.7 Å². The Labute approximate surface area is 160 Å². The summed E-state index contributed by atoms with van der Waals surface area (Å²) < 4.78 is 37.8. The highest BCUT2D eigenvalue weighted by atomic mass is 32.2. The van der Waals surface area contributed by atoms with E-state index in [1.807, 2.05) is 0 Å². The van der Waals surface area contributed by atoms with Gasteiger partial charge in [-0.15, -0.1) is 0 Å². The molecule has 0 saturated carbocycles. The van der Waals surface area contributed by atoms with Gasteiger partial charge in [0.05, 0.1) is 24.7 Å². The number of sulfonamides is 1. The van der Waals surface area contributed by atoms with Gasteiger partial charge in [-0.3, -0.25) is 4.72 Å². The number of benzene rings is 2. The Kier molecular flexibility index (Phi) is 5.69. The van der Waals surface area contributed by atoms with Gasteiger partial charge in [0.15, 0.2) is 0 Å². The number of aromatic carboxylic acids is 2. The van der Waals surface area contributed by atoms with Crippen LogP contribution in [-0.4, -0.2) is 49.9 Å². The lowest BCUT2D eigenvalue weighted by atomic mass is 10.1. The Morgan fingerprint density at radius 3 is 2.07 bits per heavy atom. The standard InChI is InChI=1S/C17H17NO9S/c1-8-4-12(19)10(16(20)21)7-14(8)28(24,25)18-15-11(17(22)23)5-9(26-2)6-13(15)27-3/h4-7,18-19H,1-3H3,(H,20,21)(H,22,23). The summed E-state index contributed by atoms with van der Waals surface area (Å²) in [5.41, 5.74) is -1.36. The first-order valence-corrected chi connectivity index (χ1v) is 9.09. The fourth-order valence-electron chi connectivity index (χ4n) is 2.47. The maximum Gasteiger partial charge on any atom is 0.339 e. The molecule has 0 amide bonds. The Balaban J connectivity index is 2.67. The summed E-state index contributed by atoms with van der Waals surface area (Å²) in [6.07, 6.45) is 0. The SMILES string of the molecule is COc1cc(OC)c(NS(=O)(=O)c2cc(C(=O)O)c(O)cc2C)c(C(=O)O)c1. The summed E-state index contributed by atoms with van der Waals surface area (Å²) in [7, 11) is -1.92. The average molecular weight is 411 g/mol. The molecule has 4 N–H and O–H groups in total. The third-order valence-corrected chi connectivity index (χ3v) is 5.30. The van der Waals surface area contributed by atoms with Crippen LogP contribution < -0.4 is 14.2 Å². The highest BCUT2D eigenvalue weighted by Gasteiger charge is 2.26. The molecule has 0 radical (unpaired) electrons. The van der Waals surface area contributed by atoms with Crippen molar-refractivity contribution in [3.8, 4) is 17.2 Å². The fraction of sp³-hybridized carbons (Fsp3) is 0.176. The number of carboxylic acid groups (broad SMARTS) is 2. The van der Waals surface area contributed by atoms with Crippen molar-refractivity contribution in [1.82, 2.24) is 0 Å². The predicted octanol–water partition coefficient (Wildman–Crippen LogP) is 1.92. The van der Waals surface area contributed by atoms with E-state index in [4.69, 9.17) is 14.6 Å². The second kappa shape index (κ2) is 7.64. The van der Waals surface area contributed by atoms with Crippen LogP contribution >= 0.6 is 0 Å². The van der Waals surface area contributed by atoms with Crippen molar-refractivity contribution in [2.75, 3.05) is 18.9 Å². The van der Waals surface area contributed by atoms with E-state index in [1.54, 1.807) is 0 Å². The summed E-state index contributed by atoms with van der Waals surface area (Å²) in [6.45, 7) is 1.35. The fourth-order valence-corrected chi connectivity index (χ4v) is 3.81. The quantitative estimate of drug-likeness (QED) is 0.533. The number of carboxylic acids is 2. The highest BCUT2D eigenvalue weighted by Crippen LogP contribution is 2.36. The van der Waals surface area contributed by atoms with Crippen LogP contribution in [0, 0.1) is 6.92 Å². The molecule has 0 saturated heterocycles. The number of carbonyl (C=O) groups is 2. The molecule has 2 aromatic rings. The molecular weight excluding hydrogens is 394 g/mol. The molecule has 0 fully saturated rings. The zero-order chi connectivity index (χ0) is 21.2. The molecule has 0 aliphatic rings. The molecule has 0 aromatic heterocycles. The second-order valence-electron chi connectivity index (χ2n) is 5.60. The molecule has 28 heavy (non-hydrogen) atoms. The van der Waals surface area contributed by atoms with Crippen molar-refractivity contribution in [1.29, 1.82) is 0 Å². The van der Waals surface area contributed by atoms with Crippen LogP contribution in [0.5, 0.6) is 17.2 Å². The van der Waals surface area contributed by atoms with Crippen molar-refractivity contribution in [2.24, 2.45) is 0 Å². The lowest BCUT2D eigenvalue weighted by molar-refractivity contribution is 0.0684. The van der Waals surface area contributed by atoms with E-state index in [9.17, 15) is 28.2 Å². The van der Waals surface area contributed by atoms with Crippen molar-refractivity contribution in [3.05, 3.63) is 41.0 Å². The number of methoxy groups -OCH3 is 2. The lowest BCUT2D eigenvalue weighted by Crippen LogP contribution is -2.18.